The van der Waals surface area contributed by atoms with Gasteiger partial charge in [-0.2, -0.15) is 0 Å². The zero-order valence-corrected chi connectivity index (χ0v) is 8.32. The van der Waals surface area contributed by atoms with Gasteiger partial charge in [-0.05, 0) is 12.1 Å². The SMILES string of the molecule is O=c1[nH]cnc(Nc2cccnc2)c1Cl. The van der Waals surface area contributed by atoms with Gasteiger partial charge in [0.2, 0.25) is 0 Å². The summed E-state index contributed by atoms with van der Waals surface area (Å²) in [6, 6.07) is 3.57. The van der Waals surface area contributed by atoms with Crippen molar-refractivity contribution in [1.29, 1.82) is 0 Å². The van der Waals surface area contributed by atoms with E-state index in [2.05, 4.69) is 20.3 Å². The van der Waals surface area contributed by atoms with Crippen molar-refractivity contribution in [3.63, 3.8) is 0 Å². The highest BCUT2D eigenvalue weighted by molar-refractivity contribution is 6.32. The lowest BCUT2D eigenvalue weighted by atomic mass is 10.4. The van der Waals surface area contributed by atoms with Crippen LogP contribution in [0.25, 0.3) is 0 Å². The van der Waals surface area contributed by atoms with E-state index < -0.39 is 0 Å². The lowest BCUT2D eigenvalue weighted by Crippen LogP contribution is -2.09. The number of nitrogens with one attached hydrogen (secondary N) is 2. The van der Waals surface area contributed by atoms with Crippen molar-refractivity contribution in [1.82, 2.24) is 15.0 Å². The maximum absolute atomic E-state index is 11.1. The number of hydrogen-bond acceptors (Lipinski definition) is 4. The molecule has 0 fully saturated rings. The largest absolute Gasteiger partial charge is 0.338 e. The van der Waals surface area contributed by atoms with Gasteiger partial charge in [0.25, 0.3) is 5.56 Å². The van der Waals surface area contributed by atoms with E-state index in [1.807, 2.05) is 0 Å². The third-order valence-electron chi connectivity index (χ3n) is 1.72. The Balaban J connectivity index is 2.33. The normalized spacial score (nSPS) is 9.93. The van der Waals surface area contributed by atoms with Crippen molar-refractivity contribution in [2.24, 2.45) is 0 Å². The Morgan fingerprint density at radius 1 is 1.47 bits per heavy atom. The highest BCUT2D eigenvalue weighted by atomic mass is 35.5. The maximum atomic E-state index is 11.1. The van der Waals surface area contributed by atoms with Crippen LogP contribution in [0.4, 0.5) is 11.5 Å². The Morgan fingerprint density at radius 3 is 3.07 bits per heavy atom. The van der Waals surface area contributed by atoms with E-state index in [1.165, 1.54) is 6.33 Å². The average Bonchev–Trinajstić information content (AvgIpc) is 2.26. The smallest absolute Gasteiger partial charge is 0.271 e. The van der Waals surface area contributed by atoms with Crippen LogP contribution in [0, 0.1) is 0 Å². The van der Waals surface area contributed by atoms with Crippen LogP contribution in [-0.4, -0.2) is 15.0 Å². The summed E-state index contributed by atoms with van der Waals surface area (Å²) in [5.74, 6) is 0.313. The van der Waals surface area contributed by atoms with E-state index in [-0.39, 0.29) is 10.6 Å². The molecular formula is C9H7ClN4O. The molecule has 0 bridgehead atoms. The van der Waals surface area contributed by atoms with Gasteiger partial charge in [0.1, 0.15) is 5.02 Å². The third kappa shape index (κ3) is 2.13. The molecule has 2 heterocycles. The summed E-state index contributed by atoms with van der Waals surface area (Å²) < 4.78 is 0. The van der Waals surface area contributed by atoms with Crippen LogP contribution in [0.2, 0.25) is 5.02 Å². The van der Waals surface area contributed by atoms with Gasteiger partial charge in [-0.3, -0.25) is 9.78 Å². The number of hydrogen-bond donors (Lipinski definition) is 2. The number of aromatic amines is 1. The molecule has 0 aliphatic carbocycles. The molecule has 0 unspecified atom stereocenters. The molecule has 0 amide bonds. The Kier molecular flexibility index (Phi) is 2.64. The Hall–Kier alpha value is -1.88. The van der Waals surface area contributed by atoms with Gasteiger partial charge in [-0.15, -0.1) is 0 Å². The summed E-state index contributed by atoms with van der Waals surface area (Å²) in [5.41, 5.74) is 0.343. The van der Waals surface area contributed by atoms with Gasteiger partial charge in [0.15, 0.2) is 5.82 Å². The predicted octanol–water partition coefficient (Wildman–Crippen LogP) is 1.56. The summed E-state index contributed by atoms with van der Waals surface area (Å²) in [6.07, 6.45) is 4.55. The lowest BCUT2D eigenvalue weighted by molar-refractivity contribution is 1.12. The highest BCUT2D eigenvalue weighted by Crippen LogP contribution is 2.17. The van der Waals surface area contributed by atoms with Crippen LogP contribution in [0.3, 0.4) is 0 Å². The molecule has 6 heteroatoms. The van der Waals surface area contributed by atoms with Crippen LogP contribution in [0.5, 0.6) is 0 Å². The van der Waals surface area contributed by atoms with Crippen molar-refractivity contribution >= 4 is 23.1 Å². The topological polar surface area (TPSA) is 70.7 Å². The van der Waals surface area contributed by atoms with E-state index in [9.17, 15) is 4.79 Å². The van der Waals surface area contributed by atoms with Crippen LogP contribution in [-0.2, 0) is 0 Å². The summed E-state index contributed by atoms with van der Waals surface area (Å²) in [7, 11) is 0. The molecule has 0 atom stereocenters. The summed E-state index contributed by atoms with van der Waals surface area (Å²) >= 11 is 5.75. The van der Waals surface area contributed by atoms with Gasteiger partial charge in [-0.25, -0.2) is 4.98 Å². The Bertz CT molecular complexity index is 511. The molecule has 5 nitrogen and oxygen atoms in total. The first-order chi connectivity index (χ1) is 7.27. The summed E-state index contributed by atoms with van der Waals surface area (Å²) in [5, 5.41) is 2.92. The maximum Gasteiger partial charge on any atom is 0.271 e. The van der Waals surface area contributed by atoms with E-state index in [4.69, 9.17) is 11.6 Å². The number of pyridine rings is 1. The third-order valence-corrected chi connectivity index (χ3v) is 2.07. The van der Waals surface area contributed by atoms with E-state index in [0.717, 1.165) is 5.69 Å². The minimum atomic E-state index is -0.377. The Morgan fingerprint density at radius 2 is 2.33 bits per heavy atom. The molecule has 2 N–H and O–H groups in total. The fourth-order valence-corrected chi connectivity index (χ4v) is 1.19. The monoisotopic (exact) mass is 222 g/mol. The standard InChI is InChI=1S/C9H7ClN4O/c10-7-8(12-5-13-9(7)15)14-6-2-1-3-11-4-6/h1-5H,(H2,12,13,14,15). The van der Waals surface area contributed by atoms with Crippen molar-refractivity contribution in [2.45, 2.75) is 0 Å². The van der Waals surface area contributed by atoms with Crippen LogP contribution in [0.15, 0.2) is 35.6 Å². The zero-order chi connectivity index (χ0) is 10.7. The molecule has 0 aliphatic heterocycles. The fourth-order valence-electron chi connectivity index (χ4n) is 1.04. The van der Waals surface area contributed by atoms with Crippen LogP contribution >= 0.6 is 11.6 Å². The highest BCUT2D eigenvalue weighted by Gasteiger charge is 2.05. The van der Waals surface area contributed by atoms with Gasteiger partial charge in [-0.1, -0.05) is 11.6 Å². The first-order valence-electron chi connectivity index (χ1n) is 4.17. The van der Waals surface area contributed by atoms with Crippen molar-refractivity contribution in [3.05, 3.63) is 46.2 Å². The van der Waals surface area contributed by atoms with E-state index >= 15 is 0 Å². The molecule has 0 saturated carbocycles. The Labute approximate surface area is 90.2 Å². The van der Waals surface area contributed by atoms with Crippen molar-refractivity contribution in [2.75, 3.05) is 5.32 Å². The van der Waals surface area contributed by atoms with Crippen LogP contribution < -0.4 is 10.9 Å². The second-order valence-electron chi connectivity index (χ2n) is 2.76. The van der Waals surface area contributed by atoms with Gasteiger partial charge >= 0.3 is 0 Å². The van der Waals surface area contributed by atoms with E-state index in [1.54, 1.807) is 24.5 Å². The molecule has 2 aromatic rings. The number of H-pyrrole nitrogens is 1. The second kappa shape index (κ2) is 4.10. The molecule has 2 rings (SSSR count). The van der Waals surface area contributed by atoms with Crippen LogP contribution in [0.1, 0.15) is 0 Å². The molecule has 0 saturated heterocycles. The molecule has 0 radical (unpaired) electrons. The van der Waals surface area contributed by atoms with Crippen molar-refractivity contribution < 1.29 is 0 Å². The first-order valence-corrected chi connectivity index (χ1v) is 4.55. The van der Waals surface area contributed by atoms with Crippen molar-refractivity contribution in [3.8, 4) is 0 Å². The zero-order valence-electron chi connectivity index (χ0n) is 7.57. The predicted molar refractivity (Wildman–Crippen MR) is 57.4 cm³/mol. The molecule has 0 aromatic carbocycles. The minimum Gasteiger partial charge on any atom is -0.338 e. The number of anilines is 2. The molecule has 2 aromatic heterocycles. The molecule has 0 aliphatic rings. The number of nitrogens with zero attached hydrogens (tertiary/aromatic N) is 2. The van der Waals surface area contributed by atoms with Gasteiger partial charge in [0, 0.05) is 6.20 Å². The fraction of sp³-hybridized carbons (Fsp3) is 0. The molecule has 76 valence electrons. The summed E-state index contributed by atoms with van der Waals surface area (Å²) in [6.45, 7) is 0. The molecular weight excluding hydrogens is 216 g/mol. The molecule has 15 heavy (non-hydrogen) atoms. The first kappa shape index (κ1) is 9.67. The average molecular weight is 223 g/mol. The second-order valence-corrected chi connectivity index (χ2v) is 3.14. The molecule has 0 spiro atoms. The minimum absolute atomic E-state index is 0.0290. The van der Waals surface area contributed by atoms with Gasteiger partial charge in [0.05, 0.1) is 18.2 Å². The number of rotatable bonds is 2. The summed E-state index contributed by atoms with van der Waals surface area (Å²) in [4.78, 5) is 21.3. The number of aromatic nitrogens is 3. The van der Waals surface area contributed by atoms with Gasteiger partial charge < -0.3 is 10.3 Å². The quantitative estimate of drug-likeness (QED) is 0.809. The number of halogens is 1. The lowest BCUT2D eigenvalue weighted by Gasteiger charge is -2.04. The van der Waals surface area contributed by atoms with E-state index in [0.29, 0.717) is 5.82 Å².